The Labute approximate surface area is 109 Å². The first-order valence-corrected chi connectivity index (χ1v) is 5.48. The number of phenols is 1. The van der Waals surface area contributed by atoms with Gasteiger partial charge in [-0.1, -0.05) is 0 Å². The van der Waals surface area contributed by atoms with Gasteiger partial charge in [0.1, 0.15) is 5.75 Å². The average Bonchev–Trinajstić information content (AvgIpc) is 2.40. The van der Waals surface area contributed by atoms with Gasteiger partial charge in [0.15, 0.2) is 0 Å². The van der Waals surface area contributed by atoms with E-state index in [1.807, 2.05) is 0 Å². The number of methoxy groups -OCH3 is 1. The van der Waals surface area contributed by atoms with E-state index in [0.717, 1.165) is 0 Å². The molecular weight excluding hydrogens is 252 g/mol. The zero-order chi connectivity index (χ0) is 14.3. The minimum Gasteiger partial charge on any atom is -0.508 e. The highest BCUT2D eigenvalue weighted by Crippen LogP contribution is 2.13. The first kappa shape index (κ1) is 14.5. The molecule has 0 unspecified atom stereocenters. The van der Waals surface area contributed by atoms with Crippen LogP contribution in [-0.2, 0) is 19.1 Å². The number of aromatic hydroxyl groups is 1. The van der Waals surface area contributed by atoms with Gasteiger partial charge >= 0.3 is 17.8 Å². The summed E-state index contributed by atoms with van der Waals surface area (Å²) in [4.78, 5) is 33.6. The standard InChI is InChI=1S/C12H14N2O5/c1-19-10(16)6-7-13-11(17)12(18)14-8-2-4-9(15)5-3-8/h2-5,15H,6-7H2,1H3,(H,13,17)(H,14,18). The number of ether oxygens (including phenoxy) is 1. The second kappa shape index (κ2) is 7.00. The first-order chi connectivity index (χ1) is 9.02. The fourth-order valence-corrected chi connectivity index (χ4v) is 1.19. The summed E-state index contributed by atoms with van der Waals surface area (Å²) in [5.74, 6) is -2.12. The molecule has 0 aliphatic heterocycles. The zero-order valence-electron chi connectivity index (χ0n) is 10.3. The summed E-state index contributed by atoms with van der Waals surface area (Å²) in [5, 5.41) is 13.7. The Morgan fingerprint density at radius 1 is 1.16 bits per heavy atom. The van der Waals surface area contributed by atoms with Crippen molar-refractivity contribution in [3.8, 4) is 5.75 Å². The normalized spacial score (nSPS) is 9.53. The van der Waals surface area contributed by atoms with Crippen molar-refractivity contribution in [3.63, 3.8) is 0 Å². The number of hydrogen-bond donors (Lipinski definition) is 3. The molecule has 19 heavy (non-hydrogen) atoms. The highest BCUT2D eigenvalue weighted by molar-refractivity contribution is 6.39. The minimum absolute atomic E-state index is 0.00523. The maximum atomic E-state index is 11.4. The minimum atomic E-state index is -0.851. The Morgan fingerprint density at radius 3 is 2.37 bits per heavy atom. The lowest BCUT2D eigenvalue weighted by molar-refractivity contribution is -0.141. The van der Waals surface area contributed by atoms with Gasteiger partial charge in [0, 0.05) is 12.2 Å². The highest BCUT2D eigenvalue weighted by Gasteiger charge is 2.13. The summed E-state index contributed by atoms with van der Waals surface area (Å²) < 4.78 is 4.38. The molecule has 0 aliphatic rings. The molecular formula is C12H14N2O5. The number of carbonyl (C=O) groups is 3. The van der Waals surface area contributed by atoms with Crippen LogP contribution >= 0.6 is 0 Å². The predicted molar refractivity (Wildman–Crippen MR) is 66.4 cm³/mol. The monoisotopic (exact) mass is 266 g/mol. The Kier molecular flexibility index (Phi) is 5.34. The van der Waals surface area contributed by atoms with E-state index < -0.39 is 17.8 Å². The summed E-state index contributed by atoms with van der Waals surface area (Å²) in [6.07, 6.45) is -0.00523. The fourth-order valence-electron chi connectivity index (χ4n) is 1.19. The van der Waals surface area contributed by atoms with Crippen molar-refractivity contribution in [2.24, 2.45) is 0 Å². The van der Waals surface area contributed by atoms with Crippen molar-refractivity contribution in [3.05, 3.63) is 24.3 Å². The number of phenolic OH excluding ortho intramolecular Hbond substituents is 1. The molecule has 1 aromatic carbocycles. The summed E-state index contributed by atoms with van der Waals surface area (Å²) in [6, 6.07) is 5.67. The molecule has 0 saturated carbocycles. The molecule has 0 saturated heterocycles. The molecule has 0 aromatic heterocycles. The summed E-state index contributed by atoms with van der Waals surface area (Å²) in [6.45, 7) is 0.0223. The Hall–Kier alpha value is -2.57. The van der Waals surface area contributed by atoms with E-state index in [2.05, 4.69) is 15.4 Å². The summed E-state index contributed by atoms with van der Waals surface area (Å²) in [7, 11) is 1.24. The third kappa shape index (κ3) is 5.07. The van der Waals surface area contributed by atoms with E-state index in [0.29, 0.717) is 5.69 Å². The van der Waals surface area contributed by atoms with Gasteiger partial charge in [-0.2, -0.15) is 0 Å². The van der Waals surface area contributed by atoms with Crippen LogP contribution in [0.25, 0.3) is 0 Å². The number of hydrogen-bond acceptors (Lipinski definition) is 5. The van der Waals surface area contributed by atoms with Gasteiger partial charge in [0.05, 0.1) is 13.5 Å². The molecule has 7 heteroatoms. The highest BCUT2D eigenvalue weighted by atomic mass is 16.5. The van der Waals surface area contributed by atoms with Crippen LogP contribution in [0.5, 0.6) is 5.75 Å². The second-order valence-electron chi connectivity index (χ2n) is 3.58. The molecule has 7 nitrogen and oxygen atoms in total. The number of carbonyl (C=O) groups excluding carboxylic acids is 3. The van der Waals surface area contributed by atoms with Gasteiger partial charge in [0.25, 0.3) is 0 Å². The van der Waals surface area contributed by atoms with Gasteiger partial charge in [-0.05, 0) is 24.3 Å². The first-order valence-electron chi connectivity index (χ1n) is 5.48. The number of benzene rings is 1. The lowest BCUT2D eigenvalue weighted by atomic mass is 10.3. The van der Waals surface area contributed by atoms with E-state index in [9.17, 15) is 14.4 Å². The zero-order valence-corrected chi connectivity index (χ0v) is 10.3. The molecule has 0 heterocycles. The number of esters is 1. The molecule has 0 radical (unpaired) electrons. The van der Waals surface area contributed by atoms with Crippen LogP contribution in [0, 0.1) is 0 Å². The van der Waals surface area contributed by atoms with Crippen LogP contribution in [0.3, 0.4) is 0 Å². The van der Waals surface area contributed by atoms with Crippen LogP contribution in [0.15, 0.2) is 24.3 Å². The Morgan fingerprint density at radius 2 is 1.79 bits per heavy atom. The molecule has 1 aromatic rings. The maximum Gasteiger partial charge on any atom is 0.313 e. The van der Waals surface area contributed by atoms with Crippen molar-refractivity contribution in [2.45, 2.75) is 6.42 Å². The molecule has 3 N–H and O–H groups in total. The summed E-state index contributed by atoms with van der Waals surface area (Å²) >= 11 is 0. The third-order valence-electron chi connectivity index (χ3n) is 2.17. The number of rotatable bonds is 4. The largest absolute Gasteiger partial charge is 0.508 e. The second-order valence-corrected chi connectivity index (χ2v) is 3.58. The number of amides is 2. The van der Waals surface area contributed by atoms with E-state index in [-0.39, 0.29) is 18.7 Å². The van der Waals surface area contributed by atoms with E-state index in [4.69, 9.17) is 5.11 Å². The topological polar surface area (TPSA) is 105 Å². The number of nitrogens with one attached hydrogen (secondary N) is 2. The molecule has 0 spiro atoms. The fraction of sp³-hybridized carbons (Fsp3) is 0.250. The van der Waals surface area contributed by atoms with Gasteiger partial charge in [0.2, 0.25) is 0 Å². The molecule has 0 atom stereocenters. The van der Waals surface area contributed by atoms with Crippen molar-refractivity contribution >= 4 is 23.5 Å². The molecule has 1 rings (SSSR count). The molecule has 2 amide bonds. The SMILES string of the molecule is COC(=O)CCNC(=O)C(=O)Nc1ccc(O)cc1. The smallest absolute Gasteiger partial charge is 0.313 e. The lowest BCUT2D eigenvalue weighted by Crippen LogP contribution is -2.36. The summed E-state index contributed by atoms with van der Waals surface area (Å²) in [5.41, 5.74) is 0.380. The Balaban J connectivity index is 2.38. The van der Waals surface area contributed by atoms with Crippen molar-refractivity contribution < 1.29 is 24.2 Å². The lowest BCUT2D eigenvalue weighted by Gasteiger charge is -2.06. The van der Waals surface area contributed by atoms with Gasteiger partial charge < -0.3 is 20.5 Å². The van der Waals surface area contributed by atoms with E-state index in [1.54, 1.807) is 0 Å². The Bertz CT molecular complexity index is 470. The van der Waals surface area contributed by atoms with Crippen LogP contribution in [0.1, 0.15) is 6.42 Å². The van der Waals surface area contributed by atoms with Gasteiger partial charge in [-0.25, -0.2) is 0 Å². The van der Waals surface area contributed by atoms with Crippen molar-refractivity contribution in [1.82, 2.24) is 5.32 Å². The molecule has 102 valence electrons. The quantitative estimate of drug-likeness (QED) is 0.404. The molecule has 0 fully saturated rings. The van der Waals surface area contributed by atoms with Crippen LogP contribution in [-0.4, -0.2) is 36.5 Å². The van der Waals surface area contributed by atoms with Crippen LogP contribution in [0.2, 0.25) is 0 Å². The van der Waals surface area contributed by atoms with Crippen molar-refractivity contribution in [1.29, 1.82) is 0 Å². The van der Waals surface area contributed by atoms with Crippen molar-refractivity contribution in [2.75, 3.05) is 19.0 Å². The molecule has 0 bridgehead atoms. The number of anilines is 1. The van der Waals surface area contributed by atoms with Gasteiger partial charge in [-0.3, -0.25) is 14.4 Å². The third-order valence-corrected chi connectivity index (χ3v) is 2.17. The van der Waals surface area contributed by atoms with Gasteiger partial charge in [-0.15, -0.1) is 0 Å². The average molecular weight is 266 g/mol. The predicted octanol–water partition coefficient (Wildman–Crippen LogP) is 0.01000. The van der Waals surface area contributed by atoms with E-state index >= 15 is 0 Å². The van der Waals surface area contributed by atoms with E-state index in [1.165, 1.54) is 31.4 Å². The molecule has 0 aliphatic carbocycles. The van der Waals surface area contributed by atoms with Crippen LogP contribution < -0.4 is 10.6 Å². The van der Waals surface area contributed by atoms with Crippen LogP contribution in [0.4, 0.5) is 5.69 Å². The maximum absolute atomic E-state index is 11.4.